The number of methoxy groups -OCH3 is 1. The average molecular weight is 259 g/mol. The molecule has 7 heteroatoms. The van der Waals surface area contributed by atoms with E-state index in [1.54, 1.807) is 18.2 Å². The standard InChI is InChI=1S/C12H13N5O2/c1-18-11-7-10(5-4-9(11)8-13)19-6-2-3-12-14-16-17-15-12/h4-5,7H,2-3,6H2,1H3,(H,14,15,16,17). The molecule has 0 unspecified atom stereocenters. The molecule has 7 nitrogen and oxygen atoms in total. The first kappa shape index (κ1) is 12.8. The van der Waals surface area contributed by atoms with Crippen LogP contribution in [0.15, 0.2) is 18.2 Å². The molecule has 1 heterocycles. The van der Waals surface area contributed by atoms with Gasteiger partial charge in [0.15, 0.2) is 5.82 Å². The van der Waals surface area contributed by atoms with Gasteiger partial charge < -0.3 is 9.47 Å². The quantitative estimate of drug-likeness (QED) is 0.780. The Morgan fingerprint density at radius 1 is 1.42 bits per heavy atom. The lowest BCUT2D eigenvalue weighted by atomic mass is 10.2. The predicted molar refractivity (Wildman–Crippen MR) is 65.7 cm³/mol. The number of ether oxygens (including phenoxy) is 2. The van der Waals surface area contributed by atoms with Gasteiger partial charge in [-0.2, -0.15) is 10.5 Å². The minimum Gasteiger partial charge on any atom is -0.495 e. The van der Waals surface area contributed by atoms with Crippen molar-refractivity contribution >= 4 is 0 Å². The summed E-state index contributed by atoms with van der Waals surface area (Å²) in [5.41, 5.74) is 0.488. The zero-order valence-electron chi connectivity index (χ0n) is 10.5. The molecule has 0 radical (unpaired) electrons. The van der Waals surface area contributed by atoms with Crippen LogP contribution >= 0.6 is 0 Å². The molecule has 0 bridgehead atoms. The highest BCUT2D eigenvalue weighted by Gasteiger charge is 2.04. The van der Waals surface area contributed by atoms with E-state index in [0.29, 0.717) is 35.9 Å². The Hall–Kier alpha value is -2.62. The summed E-state index contributed by atoms with van der Waals surface area (Å²) in [6, 6.07) is 7.17. The maximum Gasteiger partial charge on any atom is 0.174 e. The maximum atomic E-state index is 8.87. The van der Waals surface area contributed by atoms with Gasteiger partial charge in [-0.3, -0.25) is 0 Å². The molecule has 0 atom stereocenters. The first-order valence-electron chi connectivity index (χ1n) is 5.76. The molecule has 0 saturated heterocycles. The molecule has 0 aliphatic heterocycles. The maximum absolute atomic E-state index is 8.87. The number of tetrazole rings is 1. The van der Waals surface area contributed by atoms with Crippen LogP contribution in [0.5, 0.6) is 11.5 Å². The second kappa shape index (κ2) is 6.35. The highest BCUT2D eigenvalue weighted by atomic mass is 16.5. The topological polar surface area (TPSA) is 96.7 Å². The number of hydrogen-bond donors (Lipinski definition) is 1. The fourth-order valence-corrected chi connectivity index (χ4v) is 1.56. The number of nitrogens with one attached hydrogen (secondary N) is 1. The number of nitriles is 1. The van der Waals surface area contributed by atoms with Crippen molar-refractivity contribution in [1.82, 2.24) is 20.6 Å². The molecule has 2 aromatic rings. The van der Waals surface area contributed by atoms with E-state index in [4.69, 9.17) is 14.7 Å². The summed E-state index contributed by atoms with van der Waals surface area (Å²) < 4.78 is 10.7. The molecule has 19 heavy (non-hydrogen) atoms. The number of hydrogen-bond acceptors (Lipinski definition) is 6. The largest absolute Gasteiger partial charge is 0.495 e. The van der Waals surface area contributed by atoms with Crippen LogP contribution in [0.3, 0.4) is 0 Å². The van der Waals surface area contributed by atoms with Crippen LogP contribution in [0.4, 0.5) is 0 Å². The summed E-state index contributed by atoms with van der Waals surface area (Å²) in [6.07, 6.45) is 1.48. The second-order valence-electron chi connectivity index (χ2n) is 3.75. The minimum atomic E-state index is 0.488. The fraction of sp³-hybridized carbons (Fsp3) is 0.333. The lowest BCUT2D eigenvalue weighted by Crippen LogP contribution is -2.01. The van der Waals surface area contributed by atoms with Crippen molar-refractivity contribution in [2.75, 3.05) is 13.7 Å². The van der Waals surface area contributed by atoms with E-state index in [-0.39, 0.29) is 0 Å². The summed E-state index contributed by atoms with van der Waals surface area (Å²) in [7, 11) is 1.52. The molecule has 0 saturated carbocycles. The number of H-pyrrole nitrogens is 1. The Kier molecular flexibility index (Phi) is 4.29. The number of benzene rings is 1. The summed E-state index contributed by atoms with van der Waals surface area (Å²) in [6.45, 7) is 0.531. The van der Waals surface area contributed by atoms with Crippen LogP contribution < -0.4 is 9.47 Å². The summed E-state index contributed by atoms with van der Waals surface area (Å²) in [5, 5.41) is 22.4. The average Bonchev–Trinajstić information content (AvgIpc) is 2.96. The zero-order valence-corrected chi connectivity index (χ0v) is 10.5. The molecule has 1 aromatic carbocycles. The van der Waals surface area contributed by atoms with Crippen molar-refractivity contribution in [2.45, 2.75) is 12.8 Å². The third kappa shape index (κ3) is 3.42. The van der Waals surface area contributed by atoms with Gasteiger partial charge in [0.2, 0.25) is 0 Å². The van der Waals surface area contributed by atoms with E-state index in [1.807, 2.05) is 0 Å². The summed E-state index contributed by atoms with van der Waals surface area (Å²) in [5.74, 6) is 1.85. The number of aromatic nitrogens is 4. The van der Waals surface area contributed by atoms with Gasteiger partial charge in [0.1, 0.15) is 17.6 Å². The third-order valence-corrected chi connectivity index (χ3v) is 2.50. The van der Waals surface area contributed by atoms with E-state index in [1.165, 1.54) is 7.11 Å². The van der Waals surface area contributed by atoms with Crippen molar-refractivity contribution < 1.29 is 9.47 Å². The SMILES string of the molecule is COc1cc(OCCCc2nn[nH]n2)ccc1C#N. The summed E-state index contributed by atoms with van der Waals surface area (Å²) >= 11 is 0. The van der Waals surface area contributed by atoms with E-state index >= 15 is 0 Å². The molecule has 1 aromatic heterocycles. The number of nitrogens with zero attached hydrogens (tertiary/aromatic N) is 4. The van der Waals surface area contributed by atoms with Crippen molar-refractivity contribution in [3.05, 3.63) is 29.6 Å². The first-order valence-corrected chi connectivity index (χ1v) is 5.76. The highest BCUT2D eigenvalue weighted by molar-refractivity contribution is 5.47. The van der Waals surface area contributed by atoms with Crippen LogP contribution in [0.1, 0.15) is 17.8 Å². The van der Waals surface area contributed by atoms with Crippen LogP contribution in [-0.4, -0.2) is 34.3 Å². The van der Waals surface area contributed by atoms with E-state index in [9.17, 15) is 0 Å². The molecular formula is C12H13N5O2. The third-order valence-electron chi connectivity index (χ3n) is 2.50. The number of rotatable bonds is 6. The van der Waals surface area contributed by atoms with Crippen molar-refractivity contribution in [3.8, 4) is 17.6 Å². The molecular weight excluding hydrogens is 246 g/mol. The lowest BCUT2D eigenvalue weighted by Gasteiger charge is -2.08. The monoisotopic (exact) mass is 259 g/mol. The summed E-state index contributed by atoms with van der Waals surface area (Å²) in [4.78, 5) is 0. The molecule has 0 fully saturated rings. The molecule has 0 aliphatic carbocycles. The Morgan fingerprint density at radius 2 is 2.32 bits per heavy atom. The van der Waals surface area contributed by atoms with E-state index in [2.05, 4.69) is 26.7 Å². The smallest absolute Gasteiger partial charge is 0.174 e. The first-order chi connectivity index (χ1) is 9.33. The van der Waals surface area contributed by atoms with Gasteiger partial charge in [-0.05, 0) is 18.6 Å². The van der Waals surface area contributed by atoms with Gasteiger partial charge in [-0.15, -0.1) is 10.2 Å². The van der Waals surface area contributed by atoms with Gasteiger partial charge in [0.25, 0.3) is 0 Å². The molecule has 0 amide bonds. The Balaban J connectivity index is 1.84. The molecule has 1 N–H and O–H groups in total. The number of aromatic amines is 1. The van der Waals surface area contributed by atoms with Crippen molar-refractivity contribution in [2.24, 2.45) is 0 Å². The van der Waals surface area contributed by atoms with E-state index in [0.717, 1.165) is 6.42 Å². The van der Waals surface area contributed by atoms with Gasteiger partial charge in [-0.25, -0.2) is 0 Å². The van der Waals surface area contributed by atoms with Crippen molar-refractivity contribution in [3.63, 3.8) is 0 Å². The molecule has 0 aliphatic rings. The normalized spacial score (nSPS) is 9.89. The van der Waals surface area contributed by atoms with Gasteiger partial charge in [-0.1, -0.05) is 5.21 Å². The minimum absolute atomic E-state index is 0.488. The zero-order chi connectivity index (χ0) is 13.5. The van der Waals surface area contributed by atoms with Gasteiger partial charge in [0, 0.05) is 12.5 Å². The van der Waals surface area contributed by atoms with Crippen LogP contribution in [0.25, 0.3) is 0 Å². The Bertz CT molecular complexity index is 562. The van der Waals surface area contributed by atoms with Gasteiger partial charge in [0.05, 0.1) is 19.3 Å². The fourth-order valence-electron chi connectivity index (χ4n) is 1.56. The number of aryl methyl sites for hydroxylation is 1. The Morgan fingerprint density at radius 3 is 3.00 bits per heavy atom. The predicted octanol–water partition coefficient (Wildman–Crippen LogP) is 1.09. The Labute approximate surface area is 110 Å². The highest BCUT2D eigenvalue weighted by Crippen LogP contribution is 2.24. The molecule has 2 rings (SSSR count). The second-order valence-corrected chi connectivity index (χ2v) is 3.75. The van der Waals surface area contributed by atoms with Crippen molar-refractivity contribution in [1.29, 1.82) is 5.26 Å². The van der Waals surface area contributed by atoms with Crippen LogP contribution in [-0.2, 0) is 6.42 Å². The van der Waals surface area contributed by atoms with Crippen LogP contribution in [0, 0.1) is 11.3 Å². The van der Waals surface area contributed by atoms with Crippen LogP contribution in [0.2, 0.25) is 0 Å². The lowest BCUT2D eigenvalue weighted by molar-refractivity contribution is 0.307. The molecule has 98 valence electrons. The van der Waals surface area contributed by atoms with E-state index < -0.39 is 0 Å². The molecule has 0 spiro atoms. The van der Waals surface area contributed by atoms with Gasteiger partial charge >= 0.3 is 0 Å².